The quantitative estimate of drug-likeness (QED) is 0.613. The maximum Gasteiger partial charge on any atom is 0.155 e. The molecule has 0 radical (unpaired) electrons. The first-order valence-electron chi connectivity index (χ1n) is 12.3. The summed E-state index contributed by atoms with van der Waals surface area (Å²) >= 11 is 0. The van der Waals surface area contributed by atoms with Gasteiger partial charge in [0.25, 0.3) is 0 Å². The second-order valence-electron chi connectivity index (χ2n) is 11.8. The van der Waals surface area contributed by atoms with Crippen LogP contribution in [0.1, 0.15) is 79.6 Å². The summed E-state index contributed by atoms with van der Waals surface area (Å²) in [5.41, 5.74) is 1.48. The number of carbonyl (C=O) groups is 1. The summed E-state index contributed by atoms with van der Waals surface area (Å²) < 4.78 is 0. The van der Waals surface area contributed by atoms with E-state index < -0.39 is 12.2 Å². The molecule has 3 fully saturated rings. The molecule has 0 spiro atoms. The van der Waals surface area contributed by atoms with Gasteiger partial charge >= 0.3 is 0 Å². The molecule has 168 valence electrons. The maximum absolute atomic E-state index is 12.0. The summed E-state index contributed by atoms with van der Waals surface area (Å²) in [6.45, 7) is 11.0. The summed E-state index contributed by atoms with van der Waals surface area (Å²) in [6.07, 6.45) is 12.5. The summed E-state index contributed by atoms with van der Waals surface area (Å²) in [6, 6.07) is 0. The number of aliphatic hydroxyl groups is 2. The van der Waals surface area contributed by atoms with Gasteiger partial charge in [0, 0.05) is 6.42 Å². The molecule has 0 aromatic heterocycles. The highest BCUT2D eigenvalue weighted by atomic mass is 16.3. The van der Waals surface area contributed by atoms with Crippen LogP contribution >= 0.6 is 0 Å². The Balaban J connectivity index is 1.55. The summed E-state index contributed by atoms with van der Waals surface area (Å²) in [7, 11) is 0. The van der Waals surface area contributed by atoms with Crippen LogP contribution in [-0.2, 0) is 4.79 Å². The minimum Gasteiger partial charge on any atom is -0.390 e. The van der Waals surface area contributed by atoms with E-state index in [-0.39, 0.29) is 16.7 Å². The predicted molar refractivity (Wildman–Crippen MR) is 121 cm³/mol. The Kier molecular flexibility index (Phi) is 5.85. The van der Waals surface area contributed by atoms with E-state index in [4.69, 9.17) is 0 Å². The van der Waals surface area contributed by atoms with Gasteiger partial charge in [-0.15, -0.1) is 0 Å². The number of aliphatic hydroxyl groups excluding tert-OH is 2. The number of ketones is 1. The van der Waals surface area contributed by atoms with Crippen LogP contribution in [0.3, 0.4) is 0 Å². The van der Waals surface area contributed by atoms with Crippen LogP contribution in [0.15, 0.2) is 23.8 Å². The molecule has 3 saturated carbocycles. The van der Waals surface area contributed by atoms with Crippen LogP contribution in [0.25, 0.3) is 0 Å². The molecule has 0 aliphatic heterocycles. The van der Waals surface area contributed by atoms with Gasteiger partial charge in [-0.2, -0.15) is 0 Å². The molecule has 0 aromatic carbocycles. The molecule has 3 heteroatoms. The molecule has 4 aliphatic carbocycles. The van der Waals surface area contributed by atoms with E-state index in [1.807, 2.05) is 19.9 Å². The van der Waals surface area contributed by atoms with Crippen molar-refractivity contribution in [1.82, 2.24) is 0 Å². The van der Waals surface area contributed by atoms with Crippen LogP contribution < -0.4 is 0 Å². The maximum atomic E-state index is 12.0. The predicted octanol–water partition coefficient (Wildman–Crippen LogP) is 5.31. The van der Waals surface area contributed by atoms with Gasteiger partial charge in [-0.3, -0.25) is 4.79 Å². The molecule has 0 saturated heterocycles. The second-order valence-corrected chi connectivity index (χ2v) is 11.8. The first kappa shape index (κ1) is 22.3. The van der Waals surface area contributed by atoms with E-state index in [1.165, 1.54) is 38.5 Å². The topological polar surface area (TPSA) is 57.5 Å². The fraction of sp³-hybridized carbons (Fsp3) is 0.815. The monoisotopic (exact) mass is 414 g/mol. The van der Waals surface area contributed by atoms with Crippen LogP contribution in [0.4, 0.5) is 0 Å². The van der Waals surface area contributed by atoms with Crippen LogP contribution in [0.2, 0.25) is 0 Å². The highest BCUT2D eigenvalue weighted by Gasteiger charge is 2.60. The smallest absolute Gasteiger partial charge is 0.155 e. The van der Waals surface area contributed by atoms with Gasteiger partial charge in [-0.05, 0) is 105 Å². The zero-order chi connectivity index (χ0) is 21.8. The molecule has 10 atom stereocenters. The third-order valence-corrected chi connectivity index (χ3v) is 10.1. The molecule has 0 bridgehead atoms. The highest BCUT2D eigenvalue weighted by Crippen LogP contribution is 2.67. The average Bonchev–Trinajstić information content (AvgIpc) is 3.04. The fourth-order valence-corrected chi connectivity index (χ4v) is 8.53. The third-order valence-electron chi connectivity index (χ3n) is 10.1. The van der Waals surface area contributed by atoms with Crippen molar-refractivity contribution in [3.8, 4) is 0 Å². The van der Waals surface area contributed by atoms with E-state index in [9.17, 15) is 15.0 Å². The molecule has 4 rings (SSSR count). The zero-order valence-electron chi connectivity index (χ0n) is 19.6. The molecule has 3 nitrogen and oxygen atoms in total. The number of carbonyl (C=O) groups excluding carboxylic acids is 1. The normalized spacial score (nSPS) is 45.7. The SMILES string of the molecule is CC(C)=CC(O)C(O)C(C)[C@H]1CCC2C3CCC4CC(=O)C=C[C@]4(C)C3CC[C@@]21C. The standard InChI is InChI=1S/C27H42O3/c1-16(2)14-24(29)25(30)17(3)21-8-9-22-20-7-6-18-15-19(28)10-12-26(18,4)23(20)11-13-27(21,22)5/h10,12,14,17-18,20-25,29-30H,6-9,11,13,15H2,1-5H3/t17?,18?,20?,21-,22?,23?,24?,25?,26+,27-/m1/s1. The van der Waals surface area contributed by atoms with Gasteiger partial charge in [-0.25, -0.2) is 0 Å². The van der Waals surface area contributed by atoms with E-state index in [0.29, 0.717) is 29.5 Å². The summed E-state index contributed by atoms with van der Waals surface area (Å²) in [5, 5.41) is 21.4. The Hall–Kier alpha value is -0.930. The van der Waals surface area contributed by atoms with Crippen molar-refractivity contribution in [1.29, 1.82) is 0 Å². The van der Waals surface area contributed by atoms with Crippen LogP contribution in [0, 0.1) is 46.3 Å². The number of fused-ring (bicyclic) bond motifs is 5. The number of hydrogen-bond donors (Lipinski definition) is 2. The minimum atomic E-state index is -0.775. The van der Waals surface area contributed by atoms with Crippen LogP contribution in [-0.4, -0.2) is 28.2 Å². The van der Waals surface area contributed by atoms with Gasteiger partial charge in [0.15, 0.2) is 5.78 Å². The van der Waals surface area contributed by atoms with Gasteiger partial charge in [0.2, 0.25) is 0 Å². The molecular formula is C27H42O3. The van der Waals surface area contributed by atoms with Crippen molar-refractivity contribution in [2.24, 2.45) is 46.3 Å². The molecule has 0 heterocycles. The third kappa shape index (κ3) is 3.45. The summed E-state index contributed by atoms with van der Waals surface area (Å²) in [5.74, 6) is 3.54. The second kappa shape index (κ2) is 7.89. The Bertz CT molecular complexity index is 734. The van der Waals surface area contributed by atoms with E-state index in [2.05, 4.69) is 26.8 Å². The van der Waals surface area contributed by atoms with Crippen LogP contribution in [0.5, 0.6) is 0 Å². The van der Waals surface area contributed by atoms with Crippen molar-refractivity contribution in [2.45, 2.75) is 91.8 Å². The largest absolute Gasteiger partial charge is 0.390 e. The molecule has 2 N–H and O–H groups in total. The summed E-state index contributed by atoms with van der Waals surface area (Å²) in [4.78, 5) is 12.0. The fourth-order valence-electron chi connectivity index (χ4n) is 8.53. The van der Waals surface area contributed by atoms with Crippen molar-refractivity contribution < 1.29 is 15.0 Å². The van der Waals surface area contributed by atoms with Crippen molar-refractivity contribution in [2.75, 3.05) is 0 Å². The lowest BCUT2D eigenvalue weighted by atomic mass is 9.45. The average molecular weight is 415 g/mol. The molecule has 30 heavy (non-hydrogen) atoms. The molecule has 4 aliphatic rings. The Morgan fingerprint density at radius 1 is 1.10 bits per heavy atom. The van der Waals surface area contributed by atoms with E-state index in [0.717, 1.165) is 17.9 Å². The number of allylic oxidation sites excluding steroid dienone is 3. The van der Waals surface area contributed by atoms with Crippen molar-refractivity contribution in [3.63, 3.8) is 0 Å². The zero-order valence-corrected chi connectivity index (χ0v) is 19.6. The number of hydrogen-bond acceptors (Lipinski definition) is 3. The minimum absolute atomic E-state index is 0.0984. The van der Waals surface area contributed by atoms with Gasteiger partial charge in [0.05, 0.1) is 12.2 Å². The lowest BCUT2D eigenvalue weighted by molar-refractivity contribution is -0.124. The number of rotatable bonds is 4. The van der Waals surface area contributed by atoms with Crippen molar-refractivity contribution >= 4 is 5.78 Å². The lowest BCUT2D eigenvalue weighted by Crippen LogP contribution is -2.53. The Morgan fingerprint density at radius 3 is 2.53 bits per heavy atom. The first-order chi connectivity index (χ1) is 14.1. The van der Waals surface area contributed by atoms with Gasteiger partial charge in [0.1, 0.15) is 0 Å². The molecule has 0 amide bonds. The van der Waals surface area contributed by atoms with E-state index >= 15 is 0 Å². The van der Waals surface area contributed by atoms with E-state index in [1.54, 1.807) is 6.08 Å². The Morgan fingerprint density at radius 2 is 1.83 bits per heavy atom. The van der Waals surface area contributed by atoms with Gasteiger partial charge in [-0.1, -0.05) is 38.5 Å². The molecule has 7 unspecified atom stereocenters. The lowest BCUT2D eigenvalue weighted by Gasteiger charge is -2.59. The first-order valence-corrected chi connectivity index (χ1v) is 12.3. The molecule has 0 aromatic rings. The van der Waals surface area contributed by atoms with Crippen molar-refractivity contribution in [3.05, 3.63) is 23.8 Å². The highest BCUT2D eigenvalue weighted by molar-refractivity contribution is 5.91. The van der Waals surface area contributed by atoms with Gasteiger partial charge < -0.3 is 10.2 Å². The molecular weight excluding hydrogens is 372 g/mol. The Labute approximate surface area is 183 Å².